The van der Waals surface area contributed by atoms with Crippen molar-refractivity contribution in [3.05, 3.63) is 66.9 Å². The van der Waals surface area contributed by atoms with Gasteiger partial charge in [-0.25, -0.2) is 0 Å². The maximum Gasteiger partial charge on any atom is 0.304 e. The number of halogens is 4. The highest BCUT2D eigenvalue weighted by atomic mass is 35.5. The van der Waals surface area contributed by atoms with Crippen LogP contribution in [-0.2, 0) is 6.54 Å². The minimum absolute atomic E-state index is 0.204. The Labute approximate surface area is 134 Å². The summed E-state index contributed by atoms with van der Waals surface area (Å²) in [6, 6.07) is 6.68. The first-order chi connectivity index (χ1) is 9.90. The summed E-state index contributed by atoms with van der Waals surface area (Å²) in [5.74, 6) is -0.923. The van der Waals surface area contributed by atoms with Crippen molar-refractivity contribution >= 4 is 46.2 Å². The second-order valence-electron chi connectivity index (χ2n) is 4.10. The predicted octanol–water partition coefficient (Wildman–Crippen LogP) is 5.31. The average Bonchev–Trinajstić information content (AvgIpc) is 2.43. The van der Waals surface area contributed by atoms with E-state index in [-0.39, 0.29) is 6.54 Å². The van der Waals surface area contributed by atoms with E-state index in [1.807, 2.05) is 0 Å². The number of nitrogens with one attached hydrogen (secondary N) is 1. The Morgan fingerprint density at radius 3 is 2.43 bits per heavy atom. The van der Waals surface area contributed by atoms with Crippen molar-refractivity contribution < 1.29 is 9.31 Å². The second kappa shape index (κ2) is 6.47. The summed E-state index contributed by atoms with van der Waals surface area (Å²) in [6.45, 7) is 0.204. The SMILES string of the molecule is O=[N+]([O-])c1ccc(NCc2c(Cl)ccc(Cl)c2Cl)cc1F. The summed E-state index contributed by atoms with van der Waals surface area (Å²) in [6.07, 6.45) is 0. The van der Waals surface area contributed by atoms with Crippen molar-refractivity contribution in [1.29, 1.82) is 0 Å². The van der Waals surface area contributed by atoms with Gasteiger partial charge in [-0.05, 0) is 18.2 Å². The van der Waals surface area contributed by atoms with Crippen LogP contribution >= 0.6 is 34.8 Å². The van der Waals surface area contributed by atoms with Crippen LogP contribution in [-0.4, -0.2) is 4.92 Å². The molecule has 0 saturated heterocycles. The maximum absolute atomic E-state index is 13.5. The van der Waals surface area contributed by atoms with Crippen LogP contribution in [0.5, 0.6) is 0 Å². The van der Waals surface area contributed by atoms with Crippen LogP contribution in [0, 0.1) is 15.9 Å². The third-order valence-electron chi connectivity index (χ3n) is 2.75. The van der Waals surface area contributed by atoms with Crippen LogP contribution in [0.15, 0.2) is 30.3 Å². The lowest BCUT2D eigenvalue weighted by Gasteiger charge is -2.11. The number of hydrogen-bond acceptors (Lipinski definition) is 3. The zero-order valence-electron chi connectivity index (χ0n) is 10.4. The largest absolute Gasteiger partial charge is 0.381 e. The number of hydrogen-bond donors (Lipinski definition) is 1. The monoisotopic (exact) mass is 348 g/mol. The van der Waals surface area contributed by atoms with Crippen LogP contribution in [0.3, 0.4) is 0 Å². The van der Waals surface area contributed by atoms with Crippen LogP contribution in [0.25, 0.3) is 0 Å². The van der Waals surface area contributed by atoms with E-state index in [2.05, 4.69) is 5.32 Å². The van der Waals surface area contributed by atoms with Gasteiger partial charge >= 0.3 is 5.69 Å². The number of nitro groups is 1. The molecule has 0 unspecified atom stereocenters. The molecule has 0 aliphatic heterocycles. The molecular weight excluding hydrogens is 342 g/mol. The number of benzene rings is 2. The van der Waals surface area contributed by atoms with Crippen molar-refractivity contribution in [1.82, 2.24) is 0 Å². The van der Waals surface area contributed by atoms with E-state index in [1.54, 1.807) is 12.1 Å². The molecule has 1 N–H and O–H groups in total. The number of rotatable bonds is 4. The highest BCUT2D eigenvalue weighted by Gasteiger charge is 2.14. The summed E-state index contributed by atoms with van der Waals surface area (Å²) in [4.78, 5) is 9.75. The molecule has 0 aliphatic carbocycles. The molecule has 0 heterocycles. The van der Waals surface area contributed by atoms with Gasteiger partial charge in [-0.2, -0.15) is 4.39 Å². The molecular formula is C13H8Cl3FN2O2. The van der Waals surface area contributed by atoms with Crippen LogP contribution in [0.1, 0.15) is 5.56 Å². The molecule has 0 saturated carbocycles. The molecule has 0 atom stereocenters. The van der Waals surface area contributed by atoms with Crippen molar-refractivity contribution in [2.45, 2.75) is 6.54 Å². The Balaban J connectivity index is 2.19. The van der Waals surface area contributed by atoms with Gasteiger partial charge in [-0.1, -0.05) is 34.8 Å². The standard InChI is InChI=1S/C13H8Cl3FN2O2/c14-9-2-3-10(15)13(16)8(9)6-18-7-1-4-12(19(20)21)11(17)5-7/h1-5,18H,6H2. The molecule has 2 aromatic rings. The molecule has 4 nitrogen and oxygen atoms in total. The Bertz CT molecular complexity index is 710. The Hall–Kier alpha value is -1.56. The highest BCUT2D eigenvalue weighted by Crippen LogP contribution is 2.32. The third kappa shape index (κ3) is 3.56. The highest BCUT2D eigenvalue weighted by molar-refractivity contribution is 6.44. The molecule has 0 amide bonds. The van der Waals surface area contributed by atoms with Gasteiger partial charge in [0.2, 0.25) is 5.82 Å². The van der Waals surface area contributed by atoms with E-state index < -0.39 is 16.4 Å². The first-order valence-corrected chi connectivity index (χ1v) is 6.83. The maximum atomic E-state index is 13.5. The summed E-state index contributed by atoms with van der Waals surface area (Å²) in [5, 5.41) is 14.5. The second-order valence-corrected chi connectivity index (χ2v) is 5.29. The van der Waals surface area contributed by atoms with E-state index in [9.17, 15) is 14.5 Å². The summed E-state index contributed by atoms with van der Waals surface area (Å²) < 4.78 is 13.5. The molecule has 0 bridgehead atoms. The van der Waals surface area contributed by atoms with Gasteiger partial charge in [-0.15, -0.1) is 0 Å². The van der Waals surface area contributed by atoms with Crippen molar-refractivity contribution in [2.75, 3.05) is 5.32 Å². The Morgan fingerprint density at radius 2 is 1.81 bits per heavy atom. The molecule has 110 valence electrons. The molecule has 21 heavy (non-hydrogen) atoms. The minimum Gasteiger partial charge on any atom is -0.381 e. The number of nitrogens with zero attached hydrogens (tertiary/aromatic N) is 1. The third-order valence-corrected chi connectivity index (χ3v) is 3.95. The predicted molar refractivity (Wildman–Crippen MR) is 81.9 cm³/mol. The minimum atomic E-state index is -0.923. The van der Waals surface area contributed by atoms with Crippen molar-refractivity contribution in [3.63, 3.8) is 0 Å². The van der Waals surface area contributed by atoms with Gasteiger partial charge in [0.25, 0.3) is 0 Å². The van der Waals surface area contributed by atoms with Crippen molar-refractivity contribution in [2.24, 2.45) is 0 Å². The fourth-order valence-electron chi connectivity index (χ4n) is 1.69. The Kier molecular flexibility index (Phi) is 4.88. The zero-order valence-corrected chi connectivity index (χ0v) is 12.6. The molecule has 0 spiro atoms. The van der Waals surface area contributed by atoms with Crippen LogP contribution in [0.4, 0.5) is 15.8 Å². The van der Waals surface area contributed by atoms with Gasteiger partial charge in [0.15, 0.2) is 0 Å². The van der Waals surface area contributed by atoms with Gasteiger partial charge < -0.3 is 5.32 Å². The average molecular weight is 350 g/mol. The topological polar surface area (TPSA) is 55.2 Å². The molecule has 0 radical (unpaired) electrons. The van der Waals surface area contributed by atoms with E-state index in [4.69, 9.17) is 34.8 Å². The smallest absolute Gasteiger partial charge is 0.304 e. The molecule has 0 fully saturated rings. The lowest BCUT2D eigenvalue weighted by molar-refractivity contribution is -0.387. The molecule has 0 aliphatic rings. The zero-order chi connectivity index (χ0) is 15.6. The molecule has 2 aromatic carbocycles. The first-order valence-electron chi connectivity index (χ1n) is 5.70. The van der Waals surface area contributed by atoms with E-state index in [0.29, 0.717) is 26.3 Å². The van der Waals surface area contributed by atoms with Crippen LogP contribution < -0.4 is 5.32 Å². The lowest BCUT2D eigenvalue weighted by Crippen LogP contribution is -2.02. The summed E-state index contributed by atoms with van der Waals surface area (Å²) in [7, 11) is 0. The van der Waals surface area contributed by atoms with Gasteiger partial charge in [0, 0.05) is 35.0 Å². The summed E-state index contributed by atoms with van der Waals surface area (Å²) >= 11 is 18.0. The Morgan fingerprint density at radius 1 is 1.14 bits per heavy atom. The van der Waals surface area contributed by atoms with E-state index in [1.165, 1.54) is 6.07 Å². The molecule has 8 heteroatoms. The van der Waals surface area contributed by atoms with Crippen molar-refractivity contribution in [3.8, 4) is 0 Å². The van der Waals surface area contributed by atoms with Gasteiger partial charge in [0.1, 0.15) is 0 Å². The fourth-order valence-corrected chi connectivity index (χ4v) is 2.37. The fraction of sp³-hybridized carbons (Fsp3) is 0.0769. The first kappa shape index (κ1) is 15.8. The lowest BCUT2D eigenvalue weighted by atomic mass is 10.2. The normalized spacial score (nSPS) is 10.5. The number of nitro benzene ring substituents is 1. The van der Waals surface area contributed by atoms with E-state index >= 15 is 0 Å². The van der Waals surface area contributed by atoms with Gasteiger partial charge in [0.05, 0.1) is 15.0 Å². The quantitative estimate of drug-likeness (QED) is 0.462. The van der Waals surface area contributed by atoms with E-state index in [0.717, 1.165) is 12.1 Å². The number of anilines is 1. The molecule has 0 aromatic heterocycles. The van der Waals surface area contributed by atoms with Crippen LogP contribution in [0.2, 0.25) is 15.1 Å². The summed E-state index contributed by atoms with van der Waals surface area (Å²) in [5.41, 5.74) is 0.342. The molecule has 2 rings (SSSR count). The van der Waals surface area contributed by atoms with Gasteiger partial charge in [-0.3, -0.25) is 10.1 Å².